The highest BCUT2D eigenvalue weighted by molar-refractivity contribution is 7.91. The van der Waals surface area contributed by atoms with Crippen LogP contribution in [0.5, 0.6) is 0 Å². The lowest BCUT2D eigenvalue weighted by atomic mass is 10.1. The smallest absolute Gasteiger partial charge is 0.341 e. The lowest BCUT2D eigenvalue weighted by molar-refractivity contribution is 0.0652. The van der Waals surface area contributed by atoms with Crippen LogP contribution < -0.4 is 0 Å². The maximum Gasteiger partial charge on any atom is 0.341 e. The zero-order valence-corrected chi connectivity index (χ0v) is 14.2. The van der Waals surface area contributed by atoms with Gasteiger partial charge in [0.1, 0.15) is 5.76 Å². The predicted molar refractivity (Wildman–Crippen MR) is 85.9 cm³/mol. The fourth-order valence-electron chi connectivity index (χ4n) is 2.72. The second-order valence-electron chi connectivity index (χ2n) is 5.97. The van der Waals surface area contributed by atoms with Gasteiger partial charge in [0.15, 0.2) is 0 Å². The molecule has 0 aliphatic heterocycles. The van der Waals surface area contributed by atoms with Gasteiger partial charge >= 0.3 is 5.76 Å². The first-order chi connectivity index (χ1) is 11.8. The van der Waals surface area contributed by atoms with Crippen molar-refractivity contribution in [3.63, 3.8) is 0 Å². The normalized spacial score (nSPS) is 16.0. The number of furan rings is 1. The van der Waals surface area contributed by atoms with Crippen LogP contribution in [-0.4, -0.2) is 31.0 Å². The number of benzene rings is 1. The molecule has 0 saturated heterocycles. The summed E-state index contributed by atoms with van der Waals surface area (Å²) in [5.41, 5.74) is 0.249. The molecule has 1 fully saturated rings. The van der Waals surface area contributed by atoms with E-state index in [1.807, 2.05) is 6.92 Å². The maximum absolute atomic E-state index is 12.8. The standard InChI is InChI=1S/C17H17F2NO4S/c1-11(15-3-2-10-24-15)20(13-6-7-13)16(21)12-4-8-14(9-5-12)25(22,23)17(18)19/h2-5,8-11,13,17H,6-7H2,1H3. The molecule has 0 N–H and O–H groups in total. The molecule has 1 amide bonds. The van der Waals surface area contributed by atoms with Crippen LogP contribution in [0.25, 0.3) is 0 Å². The molecule has 2 aromatic rings. The fraction of sp³-hybridized carbons (Fsp3) is 0.353. The van der Waals surface area contributed by atoms with Gasteiger partial charge in [-0.1, -0.05) is 0 Å². The van der Waals surface area contributed by atoms with Gasteiger partial charge in [0.05, 0.1) is 17.2 Å². The molecular formula is C17H17F2NO4S. The van der Waals surface area contributed by atoms with Crippen LogP contribution in [0.3, 0.4) is 0 Å². The van der Waals surface area contributed by atoms with Gasteiger partial charge in [-0.15, -0.1) is 0 Å². The Morgan fingerprint density at radius 1 is 1.20 bits per heavy atom. The summed E-state index contributed by atoms with van der Waals surface area (Å²) in [4.78, 5) is 14.0. The lowest BCUT2D eigenvalue weighted by Gasteiger charge is -2.28. The molecule has 1 aromatic heterocycles. The number of carbonyl (C=O) groups is 1. The second-order valence-corrected chi connectivity index (χ2v) is 7.88. The van der Waals surface area contributed by atoms with Crippen LogP contribution in [0.1, 0.15) is 41.9 Å². The third-order valence-electron chi connectivity index (χ3n) is 4.21. The minimum Gasteiger partial charge on any atom is -0.467 e. The highest BCUT2D eigenvalue weighted by Gasteiger charge is 2.37. The molecule has 3 rings (SSSR count). The van der Waals surface area contributed by atoms with Crippen LogP contribution >= 0.6 is 0 Å². The van der Waals surface area contributed by atoms with Crippen LogP contribution in [0, 0.1) is 0 Å². The van der Waals surface area contributed by atoms with Crippen LogP contribution in [0.15, 0.2) is 52.0 Å². The van der Waals surface area contributed by atoms with Crippen molar-refractivity contribution in [1.82, 2.24) is 4.90 Å². The van der Waals surface area contributed by atoms with E-state index in [1.165, 1.54) is 18.4 Å². The molecule has 0 spiro atoms. The van der Waals surface area contributed by atoms with E-state index in [1.54, 1.807) is 17.0 Å². The van der Waals surface area contributed by atoms with Crippen molar-refractivity contribution in [2.24, 2.45) is 0 Å². The summed E-state index contributed by atoms with van der Waals surface area (Å²) in [6, 6.07) is 7.95. The molecule has 1 aliphatic carbocycles. The molecule has 1 aliphatic rings. The summed E-state index contributed by atoms with van der Waals surface area (Å²) >= 11 is 0. The van der Waals surface area contributed by atoms with E-state index in [2.05, 4.69) is 0 Å². The first kappa shape index (κ1) is 17.6. The molecule has 25 heavy (non-hydrogen) atoms. The maximum atomic E-state index is 12.8. The predicted octanol–water partition coefficient (Wildman–Crippen LogP) is 3.64. The third kappa shape index (κ3) is 3.44. The largest absolute Gasteiger partial charge is 0.467 e. The van der Waals surface area contributed by atoms with Crippen LogP contribution in [-0.2, 0) is 9.84 Å². The minimum absolute atomic E-state index is 0.0945. The zero-order chi connectivity index (χ0) is 18.2. The van der Waals surface area contributed by atoms with E-state index in [9.17, 15) is 22.0 Å². The Hall–Kier alpha value is -2.22. The van der Waals surface area contributed by atoms with Gasteiger partial charge in [0.25, 0.3) is 5.91 Å². The van der Waals surface area contributed by atoms with Gasteiger partial charge in [-0.25, -0.2) is 8.42 Å². The Balaban J connectivity index is 1.86. The topological polar surface area (TPSA) is 67.6 Å². The summed E-state index contributed by atoms with van der Waals surface area (Å²) in [6.45, 7) is 1.85. The molecule has 5 nitrogen and oxygen atoms in total. The molecular weight excluding hydrogens is 352 g/mol. The SMILES string of the molecule is CC(c1ccco1)N(C(=O)c1ccc(S(=O)(=O)C(F)F)cc1)C1CC1. The van der Waals surface area contributed by atoms with Crippen molar-refractivity contribution in [3.05, 3.63) is 54.0 Å². The first-order valence-corrected chi connectivity index (χ1v) is 9.35. The Morgan fingerprint density at radius 2 is 1.84 bits per heavy atom. The summed E-state index contributed by atoms with van der Waals surface area (Å²) in [6.07, 6.45) is 3.30. The molecule has 134 valence electrons. The van der Waals surface area contributed by atoms with Gasteiger partial charge in [-0.3, -0.25) is 4.79 Å². The summed E-state index contributed by atoms with van der Waals surface area (Å²) in [7, 11) is -4.67. The fourth-order valence-corrected chi connectivity index (χ4v) is 3.44. The molecule has 8 heteroatoms. The van der Waals surface area contributed by atoms with E-state index in [0.29, 0.717) is 5.76 Å². The van der Waals surface area contributed by atoms with Crippen LogP contribution in [0.2, 0.25) is 0 Å². The van der Waals surface area contributed by atoms with Crippen molar-refractivity contribution in [2.45, 2.75) is 42.5 Å². The summed E-state index contributed by atoms with van der Waals surface area (Å²) in [5.74, 6) is -3.12. The third-order valence-corrected chi connectivity index (χ3v) is 5.61. The second kappa shape index (κ2) is 6.59. The summed E-state index contributed by atoms with van der Waals surface area (Å²) in [5, 5.41) is 0. The van der Waals surface area contributed by atoms with Crippen molar-refractivity contribution >= 4 is 15.7 Å². The number of hydrogen-bond donors (Lipinski definition) is 0. The molecule has 1 heterocycles. The van der Waals surface area contributed by atoms with E-state index < -0.39 is 20.5 Å². The van der Waals surface area contributed by atoms with Crippen molar-refractivity contribution < 1.29 is 26.4 Å². The van der Waals surface area contributed by atoms with Crippen LogP contribution in [0.4, 0.5) is 8.78 Å². The van der Waals surface area contributed by atoms with E-state index >= 15 is 0 Å². The van der Waals surface area contributed by atoms with Crippen molar-refractivity contribution in [2.75, 3.05) is 0 Å². The minimum atomic E-state index is -4.67. The highest BCUT2D eigenvalue weighted by Crippen LogP contribution is 2.36. The van der Waals surface area contributed by atoms with Gasteiger partial charge in [0.2, 0.25) is 9.84 Å². The quantitative estimate of drug-likeness (QED) is 0.780. The monoisotopic (exact) mass is 369 g/mol. The zero-order valence-electron chi connectivity index (χ0n) is 13.4. The Bertz CT molecular complexity index is 843. The summed E-state index contributed by atoms with van der Waals surface area (Å²) < 4.78 is 53.5. The highest BCUT2D eigenvalue weighted by atomic mass is 32.2. The lowest BCUT2D eigenvalue weighted by Crippen LogP contribution is -2.35. The number of rotatable bonds is 6. The number of hydrogen-bond acceptors (Lipinski definition) is 4. The van der Waals surface area contributed by atoms with E-state index in [0.717, 1.165) is 25.0 Å². The Morgan fingerprint density at radius 3 is 2.32 bits per heavy atom. The Kier molecular flexibility index (Phi) is 4.64. The molecule has 0 radical (unpaired) electrons. The number of amides is 1. The number of nitrogens with zero attached hydrogens (tertiary/aromatic N) is 1. The van der Waals surface area contributed by atoms with E-state index in [4.69, 9.17) is 4.42 Å². The van der Waals surface area contributed by atoms with E-state index in [-0.39, 0.29) is 23.6 Å². The molecule has 1 unspecified atom stereocenters. The Labute approximate surface area is 144 Å². The number of halogens is 2. The molecule has 1 saturated carbocycles. The number of sulfone groups is 1. The van der Waals surface area contributed by atoms with Gasteiger partial charge in [-0.05, 0) is 56.2 Å². The number of carbonyl (C=O) groups excluding carboxylic acids is 1. The van der Waals surface area contributed by atoms with Gasteiger partial charge in [0, 0.05) is 11.6 Å². The number of alkyl halides is 2. The molecule has 1 aromatic carbocycles. The van der Waals surface area contributed by atoms with Crippen molar-refractivity contribution in [1.29, 1.82) is 0 Å². The molecule has 0 bridgehead atoms. The molecule has 1 atom stereocenters. The average Bonchev–Trinajstić information content (AvgIpc) is 3.26. The first-order valence-electron chi connectivity index (χ1n) is 7.80. The average molecular weight is 369 g/mol. The van der Waals surface area contributed by atoms with Crippen molar-refractivity contribution in [3.8, 4) is 0 Å². The van der Waals surface area contributed by atoms with Gasteiger partial charge in [-0.2, -0.15) is 8.78 Å². The van der Waals surface area contributed by atoms with Gasteiger partial charge < -0.3 is 9.32 Å².